The molecule has 4 aromatic carbocycles. The fourth-order valence-electron chi connectivity index (χ4n) is 6.09. The quantitative estimate of drug-likeness (QED) is 0.102. The average Bonchev–Trinajstić information content (AvgIpc) is 3.17. The lowest BCUT2D eigenvalue weighted by Gasteiger charge is -2.26. The summed E-state index contributed by atoms with van der Waals surface area (Å²) in [5.41, 5.74) is -0.155. The van der Waals surface area contributed by atoms with Crippen molar-refractivity contribution in [3.63, 3.8) is 0 Å². The number of morpholine rings is 1. The van der Waals surface area contributed by atoms with E-state index in [0.29, 0.717) is 34.5 Å². The van der Waals surface area contributed by atoms with Crippen LogP contribution in [-0.4, -0.2) is 78.3 Å². The number of nitrogens with zero attached hydrogens (tertiary/aromatic N) is 4. The molecule has 0 bridgehead atoms. The molecule has 0 unspecified atom stereocenters. The number of halogens is 4. The molecule has 0 aliphatic carbocycles. The smallest absolute Gasteiger partial charge is 0.493 e. The van der Waals surface area contributed by atoms with Gasteiger partial charge in [-0.2, -0.15) is 0 Å². The fourth-order valence-corrected chi connectivity index (χ4v) is 6.09. The minimum absolute atomic E-state index is 0.000997. The van der Waals surface area contributed by atoms with Crippen LogP contribution in [0.4, 0.5) is 23.2 Å². The van der Waals surface area contributed by atoms with E-state index in [-0.39, 0.29) is 28.4 Å². The predicted molar refractivity (Wildman–Crippen MR) is 194 cm³/mol. The van der Waals surface area contributed by atoms with Gasteiger partial charge in [-0.15, -0.1) is 13.2 Å². The summed E-state index contributed by atoms with van der Waals surface area (Å²) in [6, 6.07) is 19.7. The molecule has 7 rings (SSSR count). The number of carbonyl (C=O) groups is 1. The van der Waals surface area contributed by atoms with Crippen LogP contribution in [0.5, 0.6) is 28.7 Å². The van der Waals surface area contributed by atoms with E-state index in [1.807, 2.05) is 0 Å². The highest BCUT2D eigenvalue weighted by Crippen LogP contribution is 2.38. The summed E-state index contributed by atoms with van der Waals surface area (Å²) in [4.78, 5) is 38.1. The molecular formula is C39H33F4N5O7. The minimum Gasteiger partial charge on any atom is -0.493 e. The maximum Gasteiger partial charge on any atom is 0.573 e. The van der Waals surface area contributed by atoms with Crippen molar-refractivity contribution < 1.29 is 46.0 Å². The van der Waals surface area contributed by atoms with Crippen LogP contribution in [0.25, 0.3) is 27.6 Å². The Balaban J connectivity index is 1.08. The number of pyridine rings is 1. The molecule has 1 amide bonds. The monoisotopic (exact) mass is 759 g/mol. The van der Waals surface area contributed by atoms with Gasteiger partial charge in [0.05, 0.1) is 43.5 Å². The van der Waals surface area contributed by atoms with Gasteiger partial charge in [0.15, 0.2) is 28.8 Å². The van der Waals surface area contributed by atoms with Gasteiger partial charge in [-0.1, -0.05) is 12.1 Å². The molecule has 284 valence electrons. The molecule has 0 atom stereocenters. The highest BCUT2D eigenvalue weighted by molar-refractivity contribution is 6.03. The van der Waals surface area contributed by atoms with Gasteiger partial charge in [-0.25, -0.2) is 9.37 Å². The van der Waals surface area contributed by atoms with Crippen LogP contribution in [0.2, 0.25) is 0 Å². The highest BCUT2D eigenvalue weighted by Gasteiger charge is 2.31. The largest absolute Gasteiger partial charge is 0.573 e. The van der Waals surface area contributed by atoms with E-state index in [4.69, 9.17) is 18.9 Å². The van der Waals surface area contributed by atoms with Crippen LogP contribution in [0, 0.1) is 5.82 Å². The van der Waals surface area contributed by atoms with Gasteiger partial charge < -0.3 is 29.0 Å². The number of alkyl halides is 3. The number of hydrogen-bond donors (Lipinski definition) is 1. The van der Waals surface area contributed by atoms with Crippen molar-refractivity contribution in [3.8, 4) is 34.4 Å². The summed E-state index contributed by atoms with van der Waals surface area (Å²) in [6.07, 6.45) is -2.57. The molecule has 16 heteroatoms. The first-order valence-corrected chi connectivity index (χ1v) is 17.1. The van der Waals surface area contributed by atoms with Gasteiger partial charge in [0.25, 0.3) is 11.5 Å². The first-order chi connectivity index (χ1) is 26.6. The summed E-state index contributed by atoms with van der Waals surface area (Å²) in [6.45, 7) is 4.59. The Kier molecular flexibility index (Phi) is 10.8. The van der Waals surface area contributed by atoms with E-state index >= 15 is 4.39 Å². The third kappa shape index (κ3) is 8.60. The van der Waals surface area contributed by atoms with Crippen molar-refractivity contribution in [1.82, 2.24) is 19.4 Å². The standard InChI is InChI=1S/C39H33F4N5O7/c1-51-34-22-27-30(23-35(34)53-18-4-15-47-16-19-52-20-17-47)44-14-13-32(27)54-33-12-7-24(21-28(33)40)45-37(49)36-38(50)48(31-6-3-2-5-29(31)46-36)25-8-10-26(11-9-25)55-39(41,42)43/h2-3,5-14,21-23H,4,15-20H2,1H3,(H,45,49). The number of nitrogens with one attached hydrogen (secondary N) is 1. The van der Waals surface area contributed by atoms with Gasteiger partial charge in [0, 0.05) is 54.7 Å². The maximum atomic E-state index is 15.5. The zero-order valence-electron chi connectivity index (χ0n) is 29.3. The van der Waals surface area contributed by atoms with Crippen molar-refractivity contribution in [2.45, 2.75) is 12.8 Å². The first kappa shape index (κ1) is 37.1. The van der Waals surface area contributed by atoms with Crippen molar-refractivity contribution in [1.29, 1.82) is 0 Å². The maximum absolute atomic E-state index is 15.5. The number of methoxy groups -OCH3 is 1. The predicted octanol–water partition coefficient (Wildman–Crippen LogP) is 7.13. The molecule has 1 N–H and O–H groups in total. The number of aromatic nitrogens is 3. The molecule has 1 fully saturated rings. The molecule has 6 aromatic rings. The number of hydrogen-bond acceptors (Lipinski definition) is 10. The molecule has 0 saturated carbocycles. The Bertz CT molecular complexity index is 2400. The fraction of sp³-hybridized carbons (Fsp3) is 0.231. The van der Waals surface area contributed by atoms with Crippen LogP contribution >= 0.6 is 0 Å². The number of anilines is 1. The van der Waals surface area contributed by atoms with E-state index in [2.05, 4.69) is 24.9 Å². The number of ether oxygens (including phenoxy) is 5. The molecule has 3 heterocycles. The lowest BCUT2D eigenvalue weighted by atomic mass is 10.1. The Morgan fingerprint density at radius 1 is 0.909 bits per heavy atom. The molecule has 2 aromatic heterocycles. The molecule has 1 aliphatic heterocycles. The average molecular weight is 760 g/mol. The summed E-state index contributed by atoms with van der Waals surface area (Å²) >= 11 is 0. The number of carbonyl (C=O) groups excluding carboxylic acids is 1. The summed E-state index contributed by atoms with van der Waals surface area (Å²) in [7, 11) is 1.52. The van der Waals surface area contributed by atoms with E-state index in [1.165, 1.54) is 37.6 Å². The minimum atomic E-state index is -4.90. The Morgan fingerprint density at radius 3 is 2.44 bits per heavy atom. The molecule has 1 aliphatic rings. The van der Waals surface area contributed by atoms with Gasteiger partial charge >= 0.3 is 6.36 Å². The zero-order chi connectivity index (χ0) is 38.5. The van der Waals surface area contributed by atoms with Crippen LogP contribution in [0.15, 0.2) is 95.9 Å². The molecule has 12 nitrogen and oxygen atoms in total. The van der Waals surface area contributed by atoms with Crippen molar-refractivity contribution in [2.75, 3.05) is 51.9 Å². The van der Waals surface area contributed by atoms with Crippen LogP contribution in [0.1, 0.15) is 16.9 Å². The van der Waals surface area contributed by atoms with E-state index < -0.39 is 35.1 Å². The Hall–Kier alpha value is -6.26. The van der Waals surface area contributed by atoms with Gasteiger partial charge in [-0.3, -0.25) is 24.0 Å². The summed E-state index contributed by atoms with van der Waals surface area (Å²) < 4.78 is 81.7. The number of rotatable bonds is 12. The van der Waals surface area contributed by atoms with E-state index in [9.17, 15) is 22.8 Å². The lowest BCUT2D eigenvalue weighted by Crippen LogP contribution is -2.37. The second-order valence-corrected chi connectivity index (χ2v) is 12.3. The van der Waals surface area contributed by atoms with E-state index in [1.54, 1.807) is 42.5 Å². The van der Waals surface area contributed by atoms with Gasteiger partial charge in [0.2, 0.25) is 0 Å². The van der Waals surface area contributed by atoms with E-state index in [0.717, 1.165) is 62.0 Å². The van der Waals surface area contributed by atoms with Crippen molar-refractivity contribution >= 4 is 33.5 Å². The molecule has 0 radical (unpaired) electrons. The molecule has 1 saturated heterocycles. The zero-order valence-corrected chi connectivity index (χ0v) is 29.3. The molecule has 0 spiro atoms. The third-order valence-corrected chi connectivity index (χ3v) is 8.68. The SMILES string of the molecule is COc1cc2c(Oc3ccc(NC(=O)c4nc5ccccc5n(-c5ccc(OC(F)(F)F)cc5)c4=O)cc3F)ccnc2cc1OCCCN1CCOCC1. The normalized spacial score (nSPS) is 13.5. The Labute approximate surface area is 310 Å². The second-order valence-electron chi connectivity index (χ2n) is 12.3. The molecule has 55 heavy (non-hydrogen) atoms. The highest BCUT2D eigenvalue weighted by atomic mass is 19.4. The lowest BCUT2D eigenvalue weighted by molar-refractivity contribution is -0.274. The van der Waals surface area contributed by atoms with Crippen LogP contribution in [0.3, 0.4) is 0 Å². The number of benzene rings is 4. The third-order valence-electron chi connectivity index (χ3n) is 8.68. The van der Waals surface area contributed by atoms with Crippen LogP contribution in [-0.2, 0) is 4.74 Å². The summed E-state index contributed by atoms with van der Waals surface area (Å²) in [5.74, 6) is -1.16. The number of para-hydroxylation sites is 2. The van der Waals surface area contributed by atoms with Gasteiger partial charge in [0.1, 0.15) is 11.5 Å². The summed E-state index contributed by atoms with van der Waals surface area (Å²) in [5, 5.41) is 3.04. The van der Waals surface area contributed by atoms with Crippen molar-refractivity contribution in [2.24, 2.45) is 0 Å². The van der Waals surface area contributed by atoms with Gasteiger partial charge in [-0.05, 0) is 67.1 Å². The Morgan fingerprint density at radius 2 is 1.69 bits per heavy atom. The first-order valence-electron chi connectivity index (χ1n) is 17.1. The van der Waals surface area contributed by atoms with Crippen LogP contribution < -0.4 is 29.8 Å². The van der Waals surface area contributed by atoms with Crippen molar-refractivity contribution in [3.05, 3.63) is 113 Å². The second kappa shape index (κ2) is 16.0. The number of amides is 1. The molecular weight excluding hydrogens is 726 g/mol. The number of fused-ring (bicyclic) bond motifs is 2. The topological polar surface area (TPSA) is 126 Å².